The lowest BCUT2D eigenvalue weighted by Crippen LogP contribution is -2.38. The highest BCUT2D eigenvalue weighted by atomic mass is 32.2. The summed E-state index contributed by atoms with van der Waals surface area (Å²) >= 11 is 1.77. The van der Waals surface area contributed by atoms with Gasteiger partial charge in [0.1, 0.15) is 5.75 Å². The maximum atomic E-state index is 12.4. The average molecular weight is 331 g/mol. The van der Waals surface area contributed by atoms with Gasteiger partial charge in [0, 0.05) is 17.4 Å². The molecule has 0 aliphatic carbocycles. The normalized spacial score (nSPS) is 19.4. The zero-order valence-electron chi connectivity index (χ0n) is 12.0. The number of aliphatic hydroxyl groups excluding tert-OH is 1. The van der Waals surface area contributed by atoms with Gasteiger partial charge in [0.05, 0.1) is 18.1 Å². The molecule has 2 rings (SSSR count). The Morgan fingerprint density at radius 3 is 2.90 bits per heavy atom. The van der Waals surface area contributed by atoms with Gasteiger partial charge in [0.25, 0.3) is 0 Å². The third kappa shape index (κ3) is 4.35. The van der Waals surface area contributed by atoms with Gasteiger partial charge >= 0.3 is 0 Å². The van der Waals surface area contributed by atoms with Gasteiger partial charge in [0.2, 0.25) is 10.0 Å². The molecule has 21 heavy (non-hydrogen) atoms. The number of benzene rings is 1. The van der Waals surface area contributed by atoms with Crippen LogP contribution >= 0.6 is 11.8 Å². The van der Waals surface area contributed by atoms with Crippen LogP contribution in [0, 0.1) is 0 Å². The van der Waals surface area contributed by atoms with Crippen LogP contribution in [0.1, 0.15) is 25.3 Å². The minimum absolute atomic E-state index is 0.0158. The first-order valence-electron chi connectivity index (χ1n) is 7.03. The predicted molar refractivity (Wildman–Crippen MR) is 84.2 cm³/mol. The third-order valence-corrected chi connectivity index (χ3v) is 6.03. The van der Waals surface area contributed by atoms with Crippen molar-refractivity contribution in [2.45, 2.75) is 37.3 Å². The molecule has 1 unspecified atom stereocenters. The van der Waals surface area contributed by atoms with Crippen LogP contribution in [0.15, 0.2) is 23.1 Å². The van der Waals surface area contributed by atoms with Crippen molar-refractivity contribution in [3.05, 3.63) is 23.8 Å². The summed E-state index contributed by atoms with van der Waals surface area (Å²) in [7, 11) is -3.55. The van der Waals surface area contributed by atoms with E-state index >= 15 is 0 Å². The lowest BCUT2D eigenvalue weighted by atomic mass is 10.2. The van der Waals surface area contributed by atoms with Crippen molar-refractivity contribution in [1.29, 1.82) is 0 Å². The van der Waals surface area contributed by atoms with Crippen LogP contribution in [0.25, 0.3) is 0 Å². The molecule has 1 aromatic carbocycles. The number of aliphatic hydroxyl groups is 1. The monoisotopic (exact) mass is 331 g/mol. The second kappa shape index (κ2) is 7.49. The molecular formula is C14H21NO4S2. The van der Waals surface area contributed by atoms with Crippen molar-refractivity contribution in [3.8, 4) is 5.75 Å². The first-order valence-corrected chi connectivity index (χ1v) is 9.67. The molecule has 1 aliphatic rings. The number of ether oxygens (including phenoxy) is 1. The van der Waals surface area contributed by atoms with E-state index in [2.05, 4.69) is 4.72 Å². The molecule has 118 valence electrons. The average Bonchev–Trinajstić information content (AvgIpc) is 2.48. The van der Waals surface area contributed by atoms with Gasteiger partial charge in [-0.25, -0.2) is 13.1 Å². The standard InChI is InChI=1S/C14H21NO4S2/c1-2-19-14-6-5-13(8-11(14)9-16)21(17,18)15-12-4-3-7-20-10-12/h5-6,8,12,15-16H,2-4,7,9-10H2,1H3. The SMILES string of the molecule is CCOc1ccc(S(=O)(=O)NC2CCCSC2)cc1CO. The molecule has 1 aromatic rings. The number of nitrogens with one attached hydrogen (secondary N) is 1. The van der Waals surface area contributed by atoms with Crippen molar-refractivity contribution < 1.29 is 18.3 Å². The number of thioether (sulfide) groups is 1. The Morgan fingerprint density at radius 1 is 1.48 bits per heavy atom. The Bertz CT molecular complexity index is 568. The minimum atomic E-state index is -3.55. The van der Waals surface area contributed by atoms with Gasteiger partial charge in [-0.2, -0.15) is 11.8 Å². The highest BCUT2D eigenvalue weighted by Crippen LogP contribution is 2.24. The molecular weight excluding hydrogens is 310 g/mol. The van der Waals surface area contributed by atoms with E-state index in [-0.39, 0.29) is 17.5 Å². The largest absolute Gasteiger partial charge is 0.494 e. The highest BCUT2D eigenvalue weighted by molar-refractivity contribution is 7.99. The number of sulfonamides is 1. The highest BCUT2D eigenvalue weighted by Gasteiger charge is 2.22. The van der Waals surface area contributed by atoms with Gasteiger partial charge in [0.15, 0.2) is 0 Å². The van der Waals surface area contributed by atoms with Gasteiger partial charge in [-0.1, -0.05) is 0 Å². The van der Waals surface area contributed by atoms with E-state index in [1.54, 1.807) is 17.8 Å². The summed E-state index contributed by atoms with van der Waals surface area (Å²) in [4.78, 5) is 0.172. The number of hydrogen-bond acceptors (Lipinski definition) is 5. The first kappa shape index (κ1) is 16.6. The Balaban J connectivity index is 2.18. The molecule has 0 bridgehead atoms. The van der Waals surface area contributed by atoms with Crippen molar-refractivity contribution in [2.24, 2.45) is 0 Å². The van der Waals surface area contributed by atoms with Crippen LogP contribution in [0.3, 0.4) is 0 Å². The lowest BCUT2D eigenvalue weighted by molar-refractivity contribution is 0.266. The molecule has 1 atom stereocenters. The van der Waals surface area contributed by atoms with Crippen LogP contribution in [0.4, 0.5) is 0 Å². The number of rotatable bonds is 6. The van der Waals surface area contributed by atoms with E-state index in [0.717, 1.165) is 24.3 Å². The molecule has 0 spiro atoms. The van der Waals surface area contributed by atoms with E-state index in [4.69, 9.17) is 4.74 Å². The summed E-state index contributed by atoms with van der Waals surface area (Å²) in [5, 5.41) is 9.36. The van der Waals surface area contributed by atoms with E-state index in [0.29, 0.717) is 17.9 Å². The maximum Gasteiger partial charge on any atom is 0.240 e. The smallest absolute Gasteiger partial charge is 0.240 e. The molecule has 1 fully saturated rings. The molecule has 1 aliphatic heterocycles. The third-order valence-electron chi connectivity index (χ3n) is 3.29. The Hall–Kier alpha value is -0.760. The predicted octanol–water partition coefficient (Wildman–Crippen LogP) is 1.75. The van der Waals surface area contributed by atoms with Crippen LogP contribution in [0.2, 0.25) is 0 Å². The van der Waals surface area contributed by atoms with E-state index in [1.807, 2.05) is 6.92 Å². The lowest BCUT2D eigenvalue weighted by Gasteiger charge is -2.22. The molecule has 0 aromatic heterocycles. The summed E-state index contributed by atoms with van der Waals surface area (Å²) in [6.07, 6.45) is 1.90. The van der Waals surface area contributed by atoms with Crippen molar-refractivity contribution >= 4 is 21.8 Å². The van der Waals surface area contributed by atoms with Crippen LogP contribution < -0.4 is 9.46 Å². The Morgan fingerprint density at radius 2 is 2.29 bits per heavy atom. The summed E-state index contributed by atoms with van der Waals surface area (Å²) in [5.41, 5.74) is 0.484. The van der Waals surface area contributed by atoms with Gasteiger partial charge < -0.3 is 9.84 Å². The molecule has 0 amide bonds. The molecule has 0 radical (unpaired) electrons. The van der Waals surface area contributed by atoms with Gasteiger partial charge in [-0.05, 0) is 43.7 Å². The zero-order valence-corrected chi connectivity index (χ0v) is 13.7. The fourth-order valence-corrected chi connectivity index (χ4v) is 4.76. The van der Waals surface area contributed by atoms with Gasteiger partial charge in [-0.15, -0.1) is 0 Å². The van der Waals surface area contributed by atoms with E-state index in [1.165, 1.54) is 12.1 Å². The number of hydrogen-bond donors (Lipinski definition) is 2. The summed E-state index contributed by atoms with van der Waals surface area (Å²) in [6, 6.07) is 4.57. The molecule has 1 saturated heterocycles. The summed E-state index contributed by atoms with van der Waals surface area (Å²) in [6.45, 7) is 2.06. The van der Waals surface area contributed by atoms with Crippen LogP contribution in [-0.2, 0) is 16.6 Å². The molecule has 2 N–H and O–H groups in total. The molecule has 7 heteroatoms. The van der Waals surface area contributed by atoms with Crippen LogP contribution in [0.5, 0.6) is 5.75 Å². The fourth-order valence-electron chi connectivity index (χ4n) is 2.26. The topological polar surface area (TPSA) is 75.6 Å². The van der Waals surface area contributed by atoms with E-state index < -0.39 is 10.0 Å². The fraction of sp³-hybridized carbons (Fsp3) is 0.571. The second-order valence-electron chi connectivity index (χ2n) is 4.90. The summed E-state index contributed by atoms with van der Waals surface area (Å²) in [5.74, 6) is 2.42. The zero-order chi connectivity index (χ0) is 15.3. The van der Waals surface area contributed by atoms with Crippen molar-refractivity contribution in [1.82, 2.24) is 4.72 Å². The first-order chi connectivity index (χ1) is 10.1. The van der Waals surface area contributed by atoms with Crippen LogP contribution in [-0.4, -0.2) is 37.7 Å². The maximum absolute atomic E-state index is 12.4. The van der Waals surface area contributed by atoms with Crippen molar-refractivity contribution in [2.75, 3.05) is 18.1 Å². The van der Waals surface area contributed by atoms with E-state index in [9.17, 15) is 13.5 Å². The molecule has 1 heterocycles. The Labute approximate surface area is 130 Å². The summed E-state index contributed by atoms with van der Waals surface area (Å²) < 4.78 is 32.9. The van der Waals surface area contributed by atoms with Crippen molar-refractivity contribution in [3.63, 3.8) is 0 Å². The minimum Gasteiger partial charge on any atom is -0.494 e. The Kier molecular flexibility index (Phi) is 5.92. The van der Waals surface area contributed by atoms with Gasteiger partial charge in [-0.3, -0.25) is 0 Å². The quantitative estimate of drug-likeness (QED) is 0.830. The second-order valence-corrected chi connectivity index (χ2v) is 7.76. The molecule has 0 saturated carbocycles. The molecule has 5 nitrogen and oxygen atoms in total.